The van der Waals surface area contributed by atoms with E-state index in [1.807, 2.05) is 36.1 Å². The predicted molar refractivity (Wildman–Crippen MR) is 77.6 cm³/mol. The van der Waals surface area contributed by atoms with E-state index in [1.54, 1.807) is 7.11 Å². The second-order valence-electron chi connectivity index (χ2n) is 4.22. The highest BCUT2D eigenvalue weighted by Crippen LogP contribution is 2.20. The van der Waals surface area contributed by atoms with E-state index in [1.165, 1.54) is 0 Å². The zero-order valence-corrected chi connectivity index (χ0v) is 11.7. The number of hydrogen-bond acceptors (Lipinski definition) is 4. The number of amides is 1. The minimum atomic E-state index is 0.0161. The highest BCUT2D eigenvalue weighted by atomic mass is 16.5. The maximum Gasteiger partial charge on any atom is 0.239 e. The van der Waals surface area contributed by atoms with Crippen LogP contribution >= 0.6 is 0 Å². The van der Waals surface area contributed by atoms with Crippen LogP contribution < -0.4 is 20.7 Å². The van der Waals surface area contributed by atoms with Gasteiger partial charge < -0.3 is 20.7 Å². The summed E-state index contributed by atoms with van der Waals surface area (Å²) in [6, 6.07) is 7.70. The fourth-order valence-corrected chi connectivity index (χ4v) is 1.82. The topological polar surface area (TPSA) is 67.6 Å². The fraction of sp³-hybridized carbons (Fsp3) is 0.500. The molecule has 0 radical (unpaired) electrons. The van der Waals surface area contributed by atoms with E-state index in [2.05, 4.69) is 5.32 Å². The van der Waals surface area contributed by atoms with Crippen LogP contribution in [0.2, 0.25) is 0 Å². The van der Waals surface area contributed by atoms with Gasteiger partial charge in [-0.15, -0.1) is 0 Å². The first kappa shape index (κ1) is 15.3. The van der Waals surface area contributed by atoms with Gasteiger partial charge in [0.1, 0.15) is 5.75 Å². The molecule has 0 unspecified atom stereocenters. The molecule has 0 saturated heterocycles. The molecule has 0 aliphatic rings. The Hall–Kier alpha value is -1.75. The van der Waals surface area contributed by atoms with Crippen molar-refractivity contribution in [1.82, 2.24) is 5.32 Å². The molecule has 0 saturated carbocycles. The number of nitrogens with one attached hydrogen (secondary N) is 1. The van der Waals surface area contributed by atoms with Gasteiger partial charge in [0.05, 0.1) is 13.7 Å². The number of nitrogens with two attached hydrogens (primary N) is 1. The molecule has 1 aromatic carbocycles. The van der Waals surface area contributed by atoms with Crippen molar-refractivity contribution in [2.75, 3.05) is 38.2 Å². The highest BCUT2D eigenvalue weighted by Gasteiger charge is 2.11. The van der Waals surface area contributed by atoms with Crippen molar-refractivity contribution in [3.05, 3.63) is 24.3 Å². The van der Waals surface area contributed by atoms with Gasteiger partial charge in [0.15, 0.2) is 0 Å². The summed E-state index contributed by atoms with van der Waals surface area (Å²) in [7, 11) is 1.63. The Morgan fingerprint density at radius 3 is 2.89 bits per heavy atom. The average molecular weight is 265 g/mol. The lowest BCUT2D eigenvalue weighted by molar-refractivity contribution is -0.119. The van der Waals surface area contributed by atoms with Crippen molar-refractivity contribution >= 4 is 11.6 Å². The zero-order valence-electron chi connectivity index (χ0n) is 11.7. The summed E-state index contributed by atoms with van der Waals surface area (Å²) in [6.07, 6.45) is 0.844. The van der Waals surface area contributed by atoms with Gasteiger partial charge >= 0.3 is 0 Å². The normalized spacial score (nSPS) is 10.1. The van der Waals surface area contributed by atoms with Crippen LogP contribution in [0.1, 0.15) is 13.3 Å². The molecule has 0 aromatic heterocycles. The van der Waals surface area contributed by atoms with E-state index >= 15 is 0 Å². The molecule has 1 amide bonds. The van der Waals surface area contributed by atoms with Crippen LogP contribution in [0.25, 0.3) is 0 Å². The molecule has 5 nitrogen and oxygen atoms in total. The lowest BCUT2D eigenvalue weighted by atomic mass is 10.2. The lowest BCUT2D eigenvalue weighted by Crippen LogP contribution is -2.38. The molecule has 3 N–H and O–H groups in total. The van der Waals surface area contributed by atoms with Crippen LogP contribution in [0.5, 0.6) is 5.75 Å². The molecule has 0 spiro atoms. The van der Waals surface area contributed by atoms with E-state index in [4.69, 9.17) is 10.5 Å². The number of hydrogen-bond donors (Lipinski definition) is 2. The summed E-state index contributed by atoms with van der Waals surface area (Å²) in [5.41, 5.74) is 6.52. The highest BCUT2D eigenvalue weighted by molar-refractivity contribution is 5.81. The third kappa shape index (κ3) is 5.18. The van der Waals surface area contributed by atoms with Crippen molar-refractivity contribution in [1.29, 1.82) is 0 Å². The van der Waals surface area contributed by atoms with Crippen molar-refractivity contribution in [2.45, 2.75) is 13.3 Å². The molecule has 0 heterocycles. The standard InChI is InChI=1S/C14H23N3O2/c1-3-16-14(18)11-17(9-5-8-15)12-6-4-7-13(10-12)19-2/h4,6-7,10H,3,5,8-9,11,15H2,1-2H3,(H,16,18). The number of nitrogens with zero attached hydrogens (tertiary/aromatic N) is 1. The van der Waals surface area contributed by atoms with Gasteiger partial charge in [-0.05, 0) is 32.0 Å². The number of carbonyl (C=O) groups excluding carboxylic acids is 1. The minimum Gasteiger partial charge on any atom is -0.497 e. The van der Waals surface area contributed by atoms with Gasteiger partial charge in [-0.1, -0.05) is 6.07 Å². The maximum absolute atomic E-state index is 11.7. The summed E-state index contributed by atoms with van der Waals surface area (Å²) in [4.78, 5) is 13.7. The van der Waals surface area contributed by atoms with Gasteiger partial charge in [0, 0.05) is 24.8 Å². The molecular weight excluding hydrogens is 242 g/mol. The number of rotatable bonds is 8. The quantitative estimate of drug-likeness (QED) is 0.735. The second kappa shape index (κ2) is 8.37. The number of likely N-dealkylation sites (N-methyl/N-ethyl adjacent to an activating group) is 1. The maximum atomic E-state index is 11.7. The van der Waals surface area contributed by atoms with Gasteiger partial charge in [-0.25, -0.2) is 0 Å². The van der Waals surface area contributed by atoms with Gasteiger partial charge in [0.25, 0.3) is 0 Å². The molecule has 0 atom stereocenters. The number of ether oxygens (including phenoxy) is 1. The van der Waals surface area contributed by atoms with Gasteiger partial charge in [0.2, 0.25) is 5.91 Å². The van der Waals surface area contributed by atoms with Crippen molar-refractivity contribution < 1.29 is 9.53 Å². The Morgan fingerprint density at radius 1 is 1.47 bits per heavy atom. The molecule has 5 heteroatoms. The molecule has 19 heavy (non-hydrogen) atoms. The molecule has 106 valence electrons. The van der Waals surface area contributed by atoms with Crippen LogP contribution in [0, 0.1) is 0 Å². The smallest absolute Gasteiger partial charge is 0.239 e. The molecular formula is C14H23N3O2. The number of anilines is 1. The van der Waals surface area contributed by atoms with Crippen molar-refractivity contribution in [2.24, 2.45) is 5.73 Å². The molecule has 1 aromatic rings. The summed E-state index contributed by atoms with van der Waals surface area (Å²) in [5, 5.41) is 2.81. The van der Waals surface area contributed by atoms with E-state index in [9.17, 15) is 4.79 Å². The third-order valence-electron chi connectivity index (χ3n) is 2.76. The minimum absolute atomic E-state index is 0.0161. The Morgan fingerprint density at radius 2 is 2.26 bits per heavy atom. The Labute approximate surface area is 114 Å². The molecule has 0 aliphatic heterocycles. The second-order valence-corrected chi connectivity index (χ2v) is 4.22. The summed E-state index contributed by atoms with van der Waals surface area (Å²) in [6.45, 7) is 4.24. The largest absolute Gasteiger partial charge is 0.497 e. The van der Waals surface area contributed by atoms with Crippen molar-refractivity contribution in [3.8, 4) is 5.75 Å². The average Bonchev–Trinajstić information content (AvgIpc) is 2.43. The van der Waals surface area contributed by atoms with Gasteiger partial charge in [-0.2, -0.15) is 0 Å². The Bertz CT molecular complexity index is 396. The first-order valence-electron chi connectivity index (χ1n) is 6.57. The van der Waals surface area contributed by atoms with Crippen LogP contribution in [0.3, 0.4) is 0 Å². The van der Waals surface area contributed by atoms with E-state index in [-0.39, 0.29) is 5.91 Å². The Balaban J connectivity index is 2.78. The van der Waals surface area contributed by atoms with Crippen LogP contribution in [0.4, 0.5) is 5.69 Å². The van der Waals surface area contributed by atoms with Crippen molar-refractivity contribution in [3.63, 3.8) is 0 Å². The molecule has 0 aliphatic carbocycles. The van der Waals surface area contributed by atoms with E-state index in [0.29, 0.717) is 19.6 Å². The SMILES string of the molecule is CCNC(=O)CN(CCCN)c1cccc(OC)c1. The molecule has 0 bridgehead atoms. The zero-order chi connectivity index (χ0) is 14.1. The fourth-order valence-electron chi connectivity index (χ4n) is 1.82. The van der Waals surface area contributed by atoms with Gasteiger partial charge in [-0.3, -0.25) is 4.79 Å². The van der Waals surface area contributed by atoms with Crippen LogP contribution in [-0.4, -0.2) is 39.2 Å². The summed E-state index contributed by atoms with van der Waals surface area (Å²) in [5.74, 6) is 0.800. The molecule has 0 fully saturated rings. The Kier molecular flexibility index (Phi) is 6.74. The molecule has 1 rings (SSSR count). The number of benzene rings is 1. The van der Waals surface area contributed by atoms with E-state index in [0.717, 1.165) is 24.4 Å². The number of methoxy groups -OCH3 is 1. The predicted octanol–water partition coefficient (Wildman–Crippen LogP) is 0.987. The van der Waals surface area contributed by atoms with Crippen LogP contribution in [0.15, 0.2) is 24.3 Å². The van der Waals surface area contributed by atoms with Crippen LogP contribution in [-0.2, 0) is 4.79 Å². The first-order chi connectivity index (χ1) is 9.21. The third-order valence-corrected chi connectivity index (χ3v) is 2.76. The summed E-state index contributed by atoms with van der Waals surface area (Å²) < 4.78 is 5.21. The van der Waals surface area contributed by atoms with E-state index < -0.39 is 0 Å². The monoisotopic (exact) mass is 265 g/mol. The number of carbonyl (C=O) groups is 1. The lowest BCUT2D eigenvalue weighted by Gasteiger charge is -2.24. The summed E-state index contributed by atoms with van der Waals surface area (Å²) >= 11 is 0. The first-order valence-corrected chi connectivity index (χ1v) is 6.57.